The Kier molecular flexibility index (Phi) is 6.06. The van der Waals surface area contributed by atoms with Gasteiger partial charge in [0, 0.05) is 35.5 Å². The average molecular weight is 378 g/mol. The van der Waals surface area contributed by atoms with Crippen LogP contribution in [0.2, 0.25) is 0 Å². The number of aromatic nitrogens is 2. The van der Waals surface area contributed by atoms with Crippen LogP contribution in [0.4, 0.5) is 5.69 Å². The van der Waals surface area contributed by atoms with Crippen LogP contribution in [0, 0.1) is 6.92 Å². The monoisotopic (exact) mass is 378 g/mol. The van der Waals surface area contributed by atoms with Crippen LogP contribution in [-0.4, -0.2) is 28.1 Å². The number of anilines is 1. The van der Waals surface area contributed by atoms with Crippen LogP contribution in [0.15, 0.2) is 60.7 Å². The fraction of sp³-hybridized carbons (Fsp3) is 0.190. The van der Waals surface area contributed by atoms with E-state index in [1.165, 1.54) is 0 Å². The maximum atomic E-state index is 12.2. The van der Waals surface area contributed by atoms with Crippen molar-refractivity contribution < 1.29 is 14.3 Å². The van der Waals surface area contributed by atoms with Gasteiger partial charge in [-0.05, 0) is 50.2 Å². The van der Waals surface area contributed by atoms with Gasteiger partial charge in [0.2, 0.25) is 11.8 Å². The van der Waals surface area contributed by atoms with Crippen molar-refractivity contribution in [1.82, 2.24) is 15.5 Å². The highest BCUT2D eigenvalue weighted by Gasteiger charge is 2.13. The Morgan fingerprint density at radius 3 is 2.46 bits per heavy atom. The molecule has 1 heterocycles. The van der Waals surface area contributed by atoms with Gasteiger partial charge in [0.1, 0.15) is 5.75 Å². The normalized spacial score (nSPS) is 11.5. The molecule has 0 radical (unpaired) electrons. The number of hydrogen-bond acceptors (Lipinski definition) is 4. The summed E-state index contributed by atoms with van der Waals surface area (Å²) >= 11 is 0. The van der Waals surface area contributed by atoms with Gasteiger partial charge in [-0.15, -0.1) is 5.10 Å². The van der Waals surface area contributed by atoms with E-state index in [0.717, 1.165) is 5.69 Å². The highest BCUT2D eigenvalue weighted by atomic mass is 16.5. The third-order valence-corrected chi connectivity index (χ3v) is 3.95. The third-order valence-electron chi connectivity index (χ3n) is 3.95. The van der Waals surface area contributed by atoms with Crippen LogP contribution < -0.4 is 15.4 Å². The number of ether oxygens (including phenoxy) is 1. The number of carbonyl (C=O) groups is 2. The molecule has 1 unspecified atom stereocenters. The summed E-state index contributed by atoms with van der Waals surface area (Å²) in [6.07, 6.45) is 0.170. The Morgan fingerprint density at radius 1 is 1.11 bits per heavy atom. The van der Waals surface area contributed by atoms with Crippen molar-refractivity contribution in [1.29, 1.82) is 0 Å². The molecule has 144 valence electrons. The predicted molar refractivity (Wildman–Crippen MR) is 106 cm³/mol. The van der Waals surface area contributed by atoms with Crippen molar-refractivity contribution in [3.63, 3.8) is 0 Å². The van der Waals surface area contributed by atoms with Gasteiger partial charge in [-0.25, -0.2) is 0 Å². The lowest BCUT2D eigenvalue weighted by Crippen LogP contribution is -2.35. The molecule has 0 aliphatic carbocycles. The Bertz CT molecular complexity index is 936. The second-order valence-electron chi connectivity index (χ2n) is 6.51. The largest absolute Gasteiger partial charge is 0.438 e. The number of amides is 2. The van der Waals surface area contributed by atoms with E-state index in [9.17, 15) is 9.59 Å². The Morgan fingerprint density at radius 2 is 1.82 bits per heavy atom. The maximum absolute atomic E-state index is 12.2. The highest BCUT2D eigenvalue weighted by molar-refractivity contribution is 5.95. The molecular weight excluding hydrogens is 356 g/mol. The van der Waals surface area contributed by atoms with Gasteiger partial charge in [0.25, 0.3) is 5.91 Å². The van der Waals surface area contributed by atoms with Crippen molar-refractivity contribution in [2.24, 2.45) is 0 Å². The van der Waals surface area contributed by atoms with Crippen LogP contribution in [-0.2, 0) is 4.79 Å². The average Bonchev–Trinajstić information content (AvgIpc) is 3.08. The predicted octanol–water partition coefficient (Wildman–Crippen LogP) is 3.66. The zero-order valence-electron chi connectivity index (χ0n) is 15.7. The number of aryl methyl sites for hydroxylation is 1. The van der Waals surface area contributed by atoms with E-state index >= 15 is 0 Å². The van der Waals surface area contributed by atoms with Crippen molar-refractivity contribution in [2.45, 2.75) is 26.3 Å². The highest BCUT2D eigenvalue weighted by Crippen LogP contribution is 2.21. The number of H-pyrrole nitrogens is 1. The van der Waals surface area contributed by atoms with Gasteiger partial charge in [-0.2, -0.15) is 0 Å². The van der Waals surface area contributed by atoms with Gasteiger partial charge in [-0.1, -0.05) is 18.2 Å². The first-order chi connectivity index (χ1) is 13.5. The lowest BCUT2D eigenvalue weighted by molar-refractivity contribution is -0.116. The quantitative estimate of drug-likeness (QED) is 0.585. The fourth-order valence-electron chi connectivity index (χ4n) is 2.61. The van der Waals surface area contributed by atoms with Crippen LogP contribution in [0.5, 0.6) is 11.6 Å². The summed E-state index contributed by atoms with van der Waals surface area (Å²) in [7, 11) is 0. The maximum Gasteiger partial charge on any atom is 0.251 e. The number of carbonyl (C=O) groups excluding carboxylic acids is 2. The van der Waals surface area contributed by atoms with E-state index in [-0.39, 0.29) is 24.3 Å². The van der Waals surface area contributed by atoms with E-state index in [0.29, 0.717) is 22.9 Å². The number of nitrogens with zero attached hydrogens (tertiary/aromatic N) is 1. The summed E-state index contributed by atoms with van der Waals surface area (Å²) in [5, 5.41) is 12.4. The Labute approximate surface area is 163 Å². The lowest BCUT2D eigenvalue weighted by atomic mass is 10.1. The Hall–Kier alpha value is -3.61. The van der Waals surface area contributed by atoms with E-state index in [2.05, 4.69) is 20.8 Å². The number of hydrogen-bond donors (Lipinski definition) is 3. The van der Waals surface area contributed by atoms with Gasteiger partial charge >= 0.3 is 0 Å². The van der Waals surface area contributed by atoms with E-state index in [4.69, 9.17) is 4.74 Å². The molecule has 0 saturated heterocycles. The van der Waals surface area contributed by atoms with Crippen molar-refractivity contribution in [2.75, 3.05) is 5.32 Å². The molecule has 3 N–H and O–H groups in total. The van der Waals surface area contributed by atoms with E-state index in [1.54, 1.807) is 61.5 Å². The van der Waals surface area contributed by atoms with Crippen LogP contribution >= 0.6 is 0 Å². The molecule has 7 nitrogen and oxygen atoms in total. The number of nitrogens with one attached hydrogen (secondary N) is 3. The SMILES string of the molecule is Cc1cc(Oc2ccc(NC(=O)CC(C)NC(=O)c3ccccc3)cc2)n[nH]1. The first kappa shape index (κ1) is 19.2. The summed E-state index contributed by atoms with van der Waals surface area (Å²) in [4.78, 5) is 24.3. The van der Waals surface area contributed by atoms with Crippen molar-refractivity contribution in [3.05, 3.63) is 71.9 Å². The molecule has 0 aliphatic heterocycles. The van der Waals surface area contributed by atoms with Crippen LogP contribution in [0.25, 0.3) is 0 Å². The molecule has 0 spiro atoms. The fourth-order valence-corrected chi connectivity index (χ4v) is 2.61. The molecule has 2 aromatic carbocycles. The second kappa shape index (κ2) is 8.85. The molecular formula is C21H22N4O3. The van der Waals surface area contributed by atoms with Gasteiger partial charge in [0.05, 0.1) is 0 Å². The van der Waals surface area contributed by atoms with Crippen molar-refractivity contribution in [3.8, 4) is 11.6 Å². The molecule has 0 bridgehead atoms. The summed E-state index contributed by atoms with van der Waals surface area (Å²) in [6.45, 7) is 3.69. The molecule has 1 aromatic heterocycles. The molecule has 0 saturated carbocycles. The third kappa shape index (κ3) is 5.44. The minimum absolute atomic E-state index is 0.170. The molecule has 0 aliphatic rings. The molecule has 3 rings (SSSR count). The van der Waals surface area contributed by atoms with Gasteiger partial charge in [0.15, 0.2) is 0 Å². The van der Waals surface area contributed by atoms with Crippen LogP contribution in [0.3, 0.4) is 0 Å². The summed E-state index contributed by atoms with van der Waals surface area (Å²) in [6, 6.07) is 17.4. The number of benzene rings is 2. The zero-order chi connectivity index (χ0) is 19.9. The minimum atomic E-state index is -0.293. The molecule has 7 heteroatoms. The molecule has 1 atom stereocenters. The van der Waals surface area contributed by atoms with Gasteiger partial charge < -0.3 is 15.4 Å². The first-order valence-electron chi connectivity index (χ1n) is 8.95. The van der Waals surface area contributed by atoms with Gasteiger partial charge in [-0.3, -0.25) is 14.7 Å². The first-order valence-corrected chi connectivity index (χ1v) is 8.95. The Balaban J connectivity index is 1.48. The molecule has 28 heavy (non-hydrogen) atoms. The van der Waals surface area contributed by atoms with Crippen LogP contribution in [0.1, 0.15) is 29.4 Å². The smallest absolute Gasteiger partial charge is 0.251 e. The standard InChI is InChI=1S/C21H22N4O3/c1-14(22-21(27)16-6-4-3-5-7-16)12-19(26)23-17-8-10-18(11-9-17)28-20-13-15(2)24-25-20/h3-11,13-14H,12H2,1-2H3,(H,22,27)(H,23,26)(H,24,25). The molecule has 3 aromatic rings. The lowest BCUT2D eigenvalue weighted by Gasteiger charge is -2.14. The molecule has 0 fully saturated rings. The topological polar surface area (TPSA) is 96.1 Å². The summed E-state index contributed by atoms with van der Waals surface area (Å²) < 4.78 is 5.61. The zero-order valence-corrected chi connectivity index (χ0v) is 15.7. The number of rotatable bonds is 7. The van der Waals surface area contributed by atoms with Crippen molar-refractivity contribution >= 4 is 17.5 Å². The minimum Gasteiger partial charge on any atom is -0.438 e. The number of aromatic amines is 1. The molecule has 2 amide bonds. The summed E-state index contributed by atoms with van der Waals surface area (Å²) in [5.74, 6) is 0.721. The van der Waals surface area contributed by atoms with E-state index in [1.807, 2.05) is 13.0 Å². The second-order valence-corrected chi connectivity index (χ2v) is 6.51. The summed E-state index contributed by atoms with van der Waals surface area (Å²) in [5.41, 5.74) is 2.13. The van der Waals surface area contributed by atoms with E-state index < -0.39 is 0 Å².